The number of hydrogen-bond acceptors (Lipinski definition) is 6. The van der Waals surface area contributed by atoms with Crippen molar-refractivity contribution in [3.63, 3.8) is 0 Å². The Kier molecular flexibility index (Phi) is 7.42. The summed E-state index contributed by atoms with van der Waals surface area (Å²) in [6, 6.07) is 4.42. The van der Waals surface area contributed by atoms with E-state index in [1.807, 2.05) is 6.92 Å². The number of sulfonamides is 1. The lowest BCUT2D eigenvalue weighted by Gasteiger charge is -2.21. The largest absolute Gasteiger partial charge is 0.492 e. The number of ether oxygens (including phenoxy) is 2. The van der Waals surface area contributed by atoms with Crippen molar-refractivity contribution in [3.05, 3.63) is 18.2 Å². The van der Waals surface area contributed by atoms with Crippen LogP contribution >= 0.6 is 0 Å². The van der Waals surface area contributed by atoms with Gasteiger partial charge in [0.25, 0.3) is 5.91 Å². The molecule has 1 fully saturated rings. The highest BCUT2D eigenvalue weighted by Crippen LogP contribution is 2.38. The van der Waals surface area contributed by atoms with Gasteiger partial charge in [0.05, 0.1) is 12.5 Å². The summed E-state index contributed by atoms with van der Waals surface area (Å²) in [6.45, 7) is 7.75. The second kappa shape index (κ2) is 9.38. The summed E-state index contributed by atoms with van der Waals surface area (Å²) in [4.78, 5) is 23.8. The fourth-order valence-electron chi connectivity index (χ4n) is 2.86. The van der Waals surface area contributed by atoms with Crippen LogP contribution in [-0.4, -0.2) is 50.9 Å². The van der Waals surface area contributed by atoms with Crippen molar-refractivity contribution in [1.29, 1.82) is 0 Å². The number of hydrogen-bond donors (Lipinski definition) is 1. The van der Waals surface area contributed by atoms with Crippen LogP contribution in [-0.2, 0) is 24.3 Å². The van der Waals surface area contributed by atoms with E-state index < -0.39 is 22.5 Å². The summed E-state index contributed by atoms with van der Waals surface area (Å²) in [5, 5.41) is 2.57. The van der Waals surface area contributed by atoms with Crippen LogP contribution in [0.5, 0.6) is 5.75 Å². The van der Waals surface area contributed by atoms with Crippen LogP contribution in [0.25, 0.3) is 0 Å². The van der Waals surface area contributed by atoms with Gasteiger partial charge in [-0.15, -0.1) is 0 Å². The first-order chi connectivity index (χ1) is 13.2. The molecule has 1 N–H and O–H groups in total. The number of carbonyl (C=O) groups excluding carboxylic acids is 2. The smallest absolute Gasteiger partial charge is 0.309 e. The van der Waals surface area contributed by atoms with Crippen molar-refractivity contribution in [2.75, 3.05) is 31.6 Å². The Labute approximate surface area is 166 Å². The monoisotopic (exact) mass is 412 g/mol. The van der Waals surface area contributed by atoms with Gasteiger partial charge in [-0.3, -0.25) is 9.59 Å². The van der Waals surface area contributed by atoms with Gasteiger partial charge in [-0.2, -0.15) is 4.31 Å². The Balaban J connectivity index is 2.15. The SMILES string of the molecule is CCOc1ccc(NC(=O)COC(=O)[C@H]2C[C@@H]2C)cc1S(=O)(=O)N(CC)CC. The third-order valence-corrected chi connectivity index (χ3v) is 6.68. The molecule has 0 spiro atoms. The van der Waals surface area contributed by atoms with E-state index in [2.05, 4.69) is 5.32 Å². The molecule has 1 aliphatic carbocycles. The summed E-state index contributed by atoms with van der Waals surface area (Å²) in [5.74, 6) is -0.503. The minimum Gasteiger partial charge on any atom is -0.492 e. The molecule has 1 aromatic rings. The van der Waals surface area contributed by atoms with Crippen LogP contribution in [0.15, 0.2) is 23.1 Å². The Morgan fingerprint density at radius 3 is 2.39 bits per heavy atom. The van der Waals surface area contributed by atoms with Crippen molar-refractivity contribution >= 4 is 27.6 Å². The molecule has 1 amide bonds. The fourth-order valence-corrected chi connectivity index (χ4v) is 4.47. The van der Waals surface area contributed by atoms with Crippen molar-refractivity contribution in [3.8, 4) is 5.75 Å². The summed E-state index contributed by atoms with van der Waals surface area (Å²) in [5.41, 5.74) is 0.287. The highest BCUT2D eigenvalue weighted by Gasteiger charge is 2.40. The minimum atomic E-state index is -3.78. The third-order valence-electron chi connectivity index (χ3n) is 4.61. The second-order valence-corrected chi connectivity index (χ2v) is 8.57. The molecule has 0 heterocycles. The van der Waals surface area contributed by atoms with Crippen LogP contribution in [0.4, 0.5) is 5.69 Å². The fraction of sp³-hybridized carbons (Fsp3) is 0.579. The maximum atomic E-state index is 12.9. The van der Waals surface area contributed by atoms with E-state index in [0.717, 1.165) is 6.42 Å². The van der Waals surface area contributed by atoms with Crippen LogP contribution in [0.3, 0.4) is 0 Å². The zero-order chi connectivity index (χ0) is 20.9. The molecule has 0 unspecified atom stereocenters. The van der Waals surface area contributed by atoms with Crippen LogP contribution in [0, 0.1) is 11.8 Å². The lowest BCUT2D eigenvalue weighted by Crippen LogP contribution is -2.31. The molecule has 1 saturated carbocycles. The van der Waals surface area contributed by atoms with Gasteiger partial charge in [0.1, 0.15) is 10.6 Å². The predicted octanol–water partition coefficient (Wildman–Crippen LogP) is 2.25. The first-order valence-electron chi connectivity index (χ1n) is 9.48. The number of anilines is 1. The second-order valence-electron chi connectivity index (χ2n) is 6.66. The Hall–Kier alpha value is -2.13. The lowest BCUT2D eigenvalue weighted by molar-refractivity contribution is -0.148. The normalized spacial score (nSPS) is 18.6. The molecule has 2 rings (SSSR count). The van der Waals surface area contributed by atoms with Crippen molar-refractivity contribution in [2.24, 2.45) is 11.8 Å². The van der Waals surface area contributed by atoms with E-state index in [1.54, 1.807) is 26.8 Å². The van der Waals surface area contributed by atoms with E-state index in [-0.39, 0.29) is 28.2 Å². The van der Waals surface area contributed by atoms with E-state index in [9.17, 15) is 18.0 Å². The summed E-state index contributed by atoms with van der Waals surface area (Å²) in [7, 11) is -3.78. The quantitative estimate of drug-likeness (QED) is 0.592. The molecule has 0 aliphatic heterocycles. The summed E-state index contributed by atoms with van der Waals surface area (Å²) >= 11 is 0. The Bertz CT molecular complexity index is 820. The summed E-state index contributed by atoms with van der Waals surface area (Å²) in [6.07, 6.45) is 0.784. The Morgan fingerprint density at radius 2 is 1.86 bits per heavy atom. The van der Waals surface area contributed by atoms with Gasteiger partial charge in [-0.25, -0.2) is 8.42 Å². The molecule has 1 aliphatic rings. The minimum absolute atomic E-state index is 0.0142. The first-order valence-corrected chi connectivity index (χ1v) is 10.9. The molecule has 8 nitrogen and oxygen atoms in total. The van der Waals surface area contributed by atoms with Gasteiger partial charge in [-0.1, -0.05) is 20.8 Å². The molecule has 28 heavy (non-hydrogen) atoms. The number of carbonyl (C=O) groups is 2. The molecule has 0 radical (unpaired) electrons. The zero-order valence-electron chi connectivity index (χ0n) is 16.7. The van der Waals surface area contributed by atoms with Crippen molar-refractivity contribution in [1.82, 2.24) is 4.31 Å². The van der Waals surface area contributed by atoms with Gasteiger partial charge in [-0.05, 0) is 37.5 Å². The van der Waals surface area contributed by atoms with E-state index in [0.29, 0.717) is 25.6 Å². The average Bonchev–Trinajstić information content (AvgIpc) is 3.38. The molecule has 156 valence electrons. The van der Waals surface area contributed by atoms with E-state index >= 15 is 0 Å². The zero-order valence-corrected chi connectivity index (χ0v) is 17.5. The maximum absolute atomic E-state index is 12.9. The van der Waals surface area contributed by atoms with Crippen molar-refractivity contribution in [2.45, 2.75) is 39.0 Å². The standard InChI is InChI=1S/C19H28N2O6S/c1-5-21(6-2)28(24,25)17-11-14(8-9-16(17)26-7-3)20-18(22)12-27-19(23)15-10-13(15)4/h8-9,11,13,15H,5-7,10,12H2,1-4H3,(H,20,22)/t13-,15-/m0/s1. The van der Waals surface area contributed by atoms with Crippen molar-refractivity contribution < 1.29 is 27.5 Å². The van der Waals surface area contributed by atoms with Crippen LogP contribution < -0.4 is 10.1 Å². The van der Waals surface area contributed by atoms with Gasteiger partial charge in [0.2, 0.25) is 10.0 Å². The van der Waals surface area contributed by atoms with Gasteiger partial charge in [0, 0.05) is 18.8 Å². The van der Waals surface area contributed by atoms with Gasteiger partial charge >= 0.3 is 5.97 Å². The van der Waals surface area contributed by atoms with Gasteiger partial charge < -0.3 is 14.8 Å². The van der Waals surface area contributed by atoms with Crippen LogP contribution in [0.2, 0.25) is 0 Å². The topological polar surface area (TPSA) is 102 Å². The number of nitrogens with zero attached hydrogens (tertiary/aromatic N) is 1. The highest BCUT2D eigenvalue weighted by atomic mass is 32.2. The molecule has 2 atom stereocenters. The van der Waals surface area contributed by atoms with E-state index in [4.69, 9.17) is 9.47 Å². The maximum Gasteiger partial charge on any atom is 0.309 e. The molecule has 9 heteroatoms. The first kappa shape index (κ1) is 22.2. The number of nitrogens with one attached hydrogen (secondary N) is 1. The average molecular weight is 413 g/mol. The predicted molar refractivity (Wildman–Crippen MR) is 105 cm³/mol. The molecule has 0 aromatic heterocycles. The molecular formula is C19H28N2O6S. The summed E-state index contributed by atoms with van der Waals surface area (Å²) < 4.78 is 37.6. The molecular weight excluding hydrogens is 384 g/mol. The number of esters is 1. The van der Waals surface area contributed by atoms with E-state index in [1.165, 1.54) is 16.4 Å². The van der Waals surface area contributed by atoms with Gasteiger partial charge in [0.15, 0.2) is 6.61 Å². The number of rotatable bonds is 10. The molecule has 0 bridgehead atoms. The Morgan fingerprint density at radius 1 is 1.21 bits per heavy atom. The number of amides is 1. The molecule has 0 saturated heterocycles. The lowest BCUT2D eigenvalue weighted by atomic mass is 10.3. The van der Waals surface area contributed by atoms with Crippen LogP contribution in [0.1, 0.15) is 34.1 Å². The third kappa shape index (κ3) is 5.23. The highest BCUT2D eigenvalue weighted by molar-refractivity contribution is 7.89. The molecule has 1 aromatic carbocycles. The number of benzene rings is 1.